The topological polar surface area (TPSA) is 74.2 Å². The fraction of sp³-hybridized carbons (Fsp3) is 0. The highest BCUT2D eigenvalue weighted by Gasteiger charge is 2.15. The van der Waals surface area contributed by atoms with Gasteiger partial charge in [-0.3, -0.25) is 10.1 Å². The van der Waals surface area contributed by atoms with Crippen molar-refractivity contribution in [2.24, 2.45) is 0 Å². The Hall–Kier alpha value is -3.77. The molecule has 1 aromatic heterocycles. The Morgan fingerprint density at radius 1 is 0.897 bits per heavy atom. The number of thiocarbonyl (C=S) groups is 1. The van der Waals surface area contributed by atoms with Crippen LogP contribution in [0, 0.1) is 0 Å². The summed E-state index contributed by atoms with van der Waals surface area (Å²) in [4.78, 5) is 17.7. The molecule has 4 rings (SSSR count). The normalized spacial score (nSPS) is 10.5. The third-order valence-corrected chi connectivity index (χ3v) is 4.57. The molecule has 0 aliphatic heterocycles. The second kappa shape index (κ2) is 8.08. The van der Waals surface area contributed by atoms with E-state index in [1.807, 2.05) is 54.6 Å². The minimum Gasteiger partial charge on any atom is -0.508 e. The SMILES string of the molecule is O=C(NC(=S)Nc1cccc(O)c1)c1cc(-c2ccccc2)nc2ccccc12. The molecule has 0 radical (unpaired) electrons. The minimum atomic E-state index is -0.335. The van der Waals surface area contributed by atoms with Crippen molar-refractivity contribution in [3.05, 3.63) is 90.5 Å². The van der Waals surface area contributed by atoms with Crippen molar-refractivity contribution in [1.82, 2.24) is 10.3 Å². The van der Waals surface area contributed by atoms with Crippen molar-refractivity contribution in [3.63, 3.8) is 0 Å². The number of aromatic nitrogens is 1. The summed E-state index contributed by atoms with van der Waals surface area (Å²) in [6, 6.07) is 25.5. The third kappa shape index (κ3) is 4.23. The first-order chi connectivity index (χ1) is 14.1. The lowest BCUT2D eigenvalue weighted by Gasteiger charge is -2.12. The van der Waals surface area contributed by atoms with Crippen LogP contribution in [-0.2, 0) is 0 Å². The number of pyridine rings is 1. The van der Waals surface area contributed by atoms with Gasteiger partial charge in [0.05, 0.1) is 16.8 Å². The van der Waals surface area contributed by atoms with Crippen molar-refractivity contribution in [1.29, 1.82) is 0 Å². The van der Waals surface area contributed by atoms with Gasteiger partial charge >= 0.3 is 0 Å². The molecule has 3 N–H and O–H groups in total. The fourth-order valence-electron chi connectivity index (χ4n) is 3.04. The van der Waals surface area contributed by atoms with Gasteiger partial charge in [-0.2, -0.15) is 0 Å². The maximum atomic E-state index is 13.0. The molecule has 5 nitrogen and oxygen atoms in total. The van der Waals surface area contributed by atoms with Crippen molar-refractivity contribution in [2.45, 2.75) is 0 Å². The first kappa shape index (κ1) is 18.6. The van der Waals surface area contributed by atoms with Gasteiger partial charge in [0.15, 0.2) is 5.11 Å². The van der Waals surface area contributed by atoms with Crippen LogP contribution in [0.2, 0.25) is 0 Å². The minimum absolute atomic E-state index is 0.108. The number of anilines is 1. The number of carbonyl (C=O) groups excluding carboxylic acids is 1. The summed E-state index contributed by atoms with van der Waals surface area (Å²) >= 11 is 5.26. The number of carbonyl (C=O) groups is 1. The Morgan fingerprint density at radius 2 is 1.66 bits per heavy atom. The lowest BCUT2D eigenvalue weighted by molar-refractivity contribution is 0.0979. The van der Waals surface area contributed by atoms with Crippen LogP contribution in [0.1, 0.15) is 10.4 Å². The number of benzene rings is 3. The molecule has 6 heteroatoms. The van der Waals surface area contributed by atoms with Crippen LogP contribution >= 0.6 is 12.2 Å². The Labute approximate surface area is 173 Å². The molecule has 1 heterocycles. The summed E-state index contributed by atoms with van der Waals surface area (Å²) in [5.41, 5.74) is 3.43. The average molecular weight is 399 g/mol. The number of phenols is 1. The number of phenolic OH excluding ortho intramolecular Hbond substituents is 1. The molecule has 4 aromatic rings. The Morgan fingerprint density at radius 3 is 2.45 bits per heavy atom. The third-order valence-electron chi connectivity index (χ3n) is 4.36. The summed E-state index contributed by atoms with van der Waals surface area (Å²) in [7, 11) is 0. The Bertz CT molecular complexity index is 1210. The molecular formula is C23H17N3O2S. The quantitative estimate of drug-likeness (QED) is 0.434. The predicted octanol–water partition coefficient (Wildman–Crippen LogP) is 4.73. The summed E-state index contributed by atoms with van der Waals surface area (Å²) in [5.74, 6) is -0.227. The number of hydrogen-bond donors (Lipinski definition) is 3. The zero-order chi connectivity index (χ0) is 20.2. The van der Waals surface area contributed by atoms with E-state index in [-0.39, 0.29) is 16.8 Å². The Kier molecular flexibility index (Phi) is 5.18. The van der Waals surface area contributed by atoms with Crippen molar-refractivity contribution in [3.8, 4) is 17.0 Å². The maximum Gasteiger partial charge on any atom is 0.258 e. The van der Waals surface area contributed by atoms with Crippen LogP contribution < -0.4 is 10.6 Å². The largest absolute Gasteiger partial charge is 0.508 e. The highest BCUT2D eigenvalue weighted by atomic mass is 32.1. The van der Waals surface area contributed by atoms with Gasteiger partial charge in [0.1, 0.15) is 5.75 Å². The molecule has 29 heavy (non-hydrogen) atoms. The number of aromatic hydroxyl groups is 1. The number of amides is 1. The molecule has 0 saturated carbocycles. The van der Waals surface area contributed by atoms with E-state index in [1.54, 1.807) is 24.3 Å². The van der Waals surface area contributed by atoms with Crippen LogP contribution in [-0.4, -0.2) is 21.1 Å². The van der Waals surface area contributed by atoms with Crippen LogP contribution in [0.5, 0.6) is 5.75 Å². The molecule has 142 valence electrons. The second-order valence-electron chi connectivity index (χ2n) is 6.40. The van der Waals surface area contributed by atoms with Gasteiger partial charge in [-0.25, -0.2) is 4.98 Å². The number of nitrogens with zero attached hydrogens (tertiary/aromatic N) is 1. The van der Waals surface area contributed by atoms with Crippen LogP contribution in [0.4, 0.5) is 5.69 Å². The van der Waals surface area contributed by atoms with E-state index in [1.165, 1.54) is 6.07 Å². The number of nitrogens with one attached hydrogen (secondary N) is 2. The molecule has 1 amide bonds. The predicted molar refractivity (Wildman–Crippen MR) is 119 cm³/mol. The molecule has 0 aliphatic rings. The summed E-state index contributed by atoms with van der Waals surface area (Å²) in [5, 5.41) is 16.1. The van der Waals surface area contributed by atoms with Gasteiger partial charge in [-0.15, -0.1) is 0 Å². The molecule has 0 saturated heterocycles. The van der Waals surface area contributed by atoms with Gasteiger partial charge in [0.25, 0.3) is 5.91 Å². The first-order valence-electron chi connectivity index (χ1n) is 8.97. The summed E-state index contributed by atoms with van der Waals surface area (Å²) in [6.45, 7) is 0. The van der Waals surface area contributed by atoms with Gasteiger partial charge in [-0.05, 0) is 36.5 Å². The molecule has 0 unspecified atom stereocenters. The number of fused-ring (bicyclic) bond motifs is 1. The van der Waals surface area contributed by atoms with E-state index >= 15 is 0 Å². The van der Waals surface area contributed by atoms with Gasteiger partial charge < -0.3 is 10.4 Å². The van der Waals surface area contributed by atoms with E-state index in [2.05, 4.69) is 15.6 Å². The lowest BCUT2D eigenvalue weighted by Crippen LogP contribution is -2.34. The fourth-order valence-corrected chi connectivity index (χ4v) is 3.25. The van der Waals surface area contributed by atoms with Crippen LogP contribution in [0.25, 0.3) is 22.2 Å². The van der Waals surface area contributed by atoms with E-state index in [0.29, 0.717) is 16.9 Å². The maximum absolute atomic E-state index is 13.0. The monoisotopic (exact) mass is 399 g/mol. The van der Waals surface area contributed by atoms with E-state index in [0.717, 1.165) is 16.5 Å². The molecule has 3 aromatic carbocycles. The molecule has 0 aliphatic carbocycles. The van der Waals surface area contributed by atoms with E-state index in [9.17, 15) is 9.90 Å². The van der Waals surface area contributed by atoms with Crippen LogP contribution in [0.3, 0.4) is 0 Å². The van der Waals surface area contributed by atoms with Crippen molar-refractivity contribution < 1.29 is 9.90 Å². The number of hydrogen-bond acceptors (Lipinski definition) is 4. The zero-order valence-corrected chi connectivity index (χ0v) is 16.1. The van der Waals surface area contributed by atoms with Gasteiger partial charge in [-0.1, -0.05) is 54.6 Å². The molecular weight excluding hydrogens is 382 g/mol. The standard InChI is InChI=1S/C23H17N3O2S/c27-17-10-6-9-16(13-17)24-23(29)26-22(28)19-14-21(15-7-2-1-3-8-15)25-20-12-5-4-11-18(19)20/h1-14,27H,(H2,24,26,28,29). The summed E-state index contributed by atoms with van der Waals surface area (Å²) < 4.78 is 0. The smallest absolute Gasteiger partial charge is 0.258 e. The highest BCUT2D eigenvalue weighted by Crippen LogP contribution is 2.25. The van der Waals surface area contributed by atoms with Crippen LogP contribution in [0.15, 0.2) is 84.9 Å². The van der Waals surface area contributed by atoms with E-state index < -0.39 is 0 Å². The van der Waals surface area contributed by atoms with E-state index in [4.69, 9.17) is 12.2 Å². The summed E-state index contributed by atoms with van der Waals surface area (Å²) in [6.07, 6.45) is 0. The molecule has 0 bridgehead atoms. The van der Waals surface area contributed by atoms with Crippen molar-refractivity contribution in [2.75, 3.05) is 5.32 Å². The second-order valence-corrected chi connectivity index (χ2v) is 6.81. The van der Waals surface area contributed by atoms with Crippen molar-refractivity contribution >= 4 is 39.8 Å². The molecule has 0 fully saturated rings. The first-order valence-corrected chi connectivity index (χ1v) is 9.37. The molecule has 0 spiro atoms. The van der Waals surface area contributed by atoms with Gasteiger partial charge in [0, 0.05) is 22.7 Å². The van der Waals surface area contributed by atoms with Gasteiger partial charge in [0.2, 0.25) is 0 Å². The number of rotatable bonds is 3. The average Bonchev–Trinajstić information content (AvgIpc) is 2.73. The Balaban J connectivity index is 1.65. The highest BCUT2D eigenvalue weighted by molar-refractivity contribution is 7.80. The zero-order valence-electron chi connectivity index (χ0n) is 15.3. The molecule has 0 atom stereocenters. The lowest BCUT2D eigenvalue weighted by atomic mass is 10.0. The number of para-hydroxylation sites is 1.